The molecular weight excluding hydrogens is 260 g/mol. The molecule has 20 heavy (non-hydrogen) atoms. The average molecular weight is 282 g/mol. The molecule has 1 aromatic carbocycles. The maximum Gasteiger partial charge on any atom is 0.121 e. The predicted octanol–water partition coefficient (Wildman–Crippen LogP) is 0.809. The van der Waals surface area contributed by atoms with Crippen molar-refractivity contribution in [3.63, 3.8) is 0 Å². The number of morpholine rings is 1. The van der Waals surface area contributed by atoms with Crippen molar-refractivity contribution < 1.29 is 19.0 Å². The van der Waals surface area contributed by atoms with Crippen LogP contribution in [-0.4, -0.2) is 52.7 Å². The molecule has 0 spiro atoms. The van der Waals surface area contributed by atoms with Gasteiger partial charge in [0.1, 0.15) is 12.4 Å². The molecule has 0 aliphatic carbocycles. The first kappa shape index (κ1) is 15.1. The first-order chi connectivity index (χ1) is 9.90. The molecule has 1 aliphatic rings. The van der Waals surface area contributed by atoms with E-state index >= 15 is 0 Å². The van der Waals surface area contributed by atoms with Crippen LogP contribution in [-0.2, 0) is 14.3 Å². The summed E-state index contributed by atoms with van der Waals surface area (Å²) in [6.45, 7) is 5.31. The second-order valence-electron chi connectivity index (χ2n) is 4.43. The summed E-state index contributed by atoms with van der Waals surface area (Å²) in [6, 6.07) is 8.10. The van der Waals surface area contributed by atoms with Crippen LogP contribution in [0.15, 0.2) is 24.3 Å². The summed E-state index contributed by atoms with van der Waals surface area (Å²) in [7, 11) is 0. The van der Waals surface area contributed by atoms with Gasteiger partial charge in [-0.1, -0.05) is 6.07 Å². The van der Waals surface area contributed by atoms with Gasteiger partial charge in [0.05, 0.1) is 33.0 Å². The predicted molar refractivity (Wildman–Crippen MR) is 75.9 cm³/mol. The Morgan fingerprint density at radius 3 is 2.70 bits per heavy atom. The number of hydrogen-bond donors (Lipinski definition) is 1. The lowest BCUT2D eigenvalue weighted by atomic mass is 10.2. The maximum atomic E-state index is 5.66. The molecule has 0 radical (unpaired) electrons. The maximum absolute atomic E-state index is 5.66. The molecular formula is C14H22N2O4. The first-order valence-electron chi connectivity index (χ1n) is 6.85. The Bertz CT molecular complexity index is 383. The summed E-state index contributed by atoms with van der Waals surface area (Å²) < 4.78 is 16.3. The van der Waals surface area contributed by atoms with Crippen molar-refractivity contribution in [2.45, 2.75) is 0 Å². The van der Waals surface area contributed by atoms with E-state index in [1.54, 1.807) is 0 Å². The van der Waals surface area contributed by atoms with Gasteiger partial charge >= 0.3 is 0 Å². The summed E-state index contributed by atoms with van der Waals surface area (Å²) in [5.41, 5.74) is 1.17. The number of anilines is 1. The lowest BCUT2D eigenvalue weighted by Crippen LogP contribution is -2.36. The molecule has 1 fully saturated rings. The number of hydrogen-bond acceptors (Lipinski definition) is 6. The molecule has 0 aromatic heterocycles. The first-order valence-corrected chi connectivity index (χ1v) is 6.85. The highest BCUT2D eigenvalue weighted by Gasteiger charge is 2.11. The van der Waals surface area contributed by atoms with Crippen LogP contribution >= 0.6 is 0 Å². The second kappa shape index (κ2) is 8.76. The SMILES string of the molecule is NOCCOCCOc1cccc(N2CCOCC2)c1. The molecule has 6 heteroatoms. The minimum atomic E-state index is 0.395. The minimum Gasteiger partial charge on any atom is -0.491 e. The van der Waals surface area contributed by atoms with E-state index in [9.17, 15) is 0 Å². The summed E-state index contributed by atoms with van der Waals surface area (Å²) in [4.78, 5) is 6.71. The Labute approximate surface area is 119 Å². The van der Waals surface area contributed by atoms with E-state index in [0.29, 0.717) is 26.4 Å². The zero-order chi connectivity index (χ0) is 14.0. The number of nitrogens with two attached hydrogens (primary N) is 1. The lowest BCUT2D eigenvalue weighted by molar-refractivity contribution is 0.0362. The molecule has 2 rings (SSSR count). The van der Waals surface area contributed by atoms with Crippen LogP contribution in [0.2, 0.25) is 0 Å². The molecule has 1 saturated heterocycles. The molecule has 1 aromatic rings. The van der Waals surface area contributed by atoms with Gasteiger partial charge in [0.25, 0.3) is 0 Å². The van der Waals surface area contributed by atoms with Crippen molar-refractivity contribution >= 4 is 5.69 Å². The Hall–Kier alpha value is -1.34. The standard InChI is InChI=1S/C14H22N2O4/c15-20-11-9-18-8-10-19-14-3-1-2-13(12-14)16-4-6-17-7-5-16/h1-3,12H,4-11,15H2. The van der Waals surface area contributed by atoms with E-state index in [1.165, 1.54) is 5.69 Å². The number of benzene rings is 1. The third-order valence-corrected chi connectivity index (χ3v) is 3.04. The van der Waals surface area contributed by atoms with Crippen molar-refractivity contribution in [1.29, 1.82) is 0 Å². The third kappa shape index (κ3) is 4.97. The van der Waals surface area contributed by atoms with E-state index in [0.717, 1.165) is 32.1 Å². The number of nitrogens with zero attached hydrogens (tertiary/aromatic N) is 1. The highest BCUT2D eigenvalue weighted by molar-refractivity contribution is 5.50. The summed E-state index contributed by atoms with van der Waals surface area (Å²) >= 11 is 0. The van der Waals surface area contributed by atoms with Crippen molar-refractivity contribution in [3.8, 4) is 5.75 Å². The fourth-order valence-corrected chi connectivity index (χ4v) is 2.02. The van der Waals surface area contributed by atoms with Gasteiger partial charge in [-0.3, -0.25) is 0 Å². The van der Waals surface area contributed by atoms with E-state index in [-0.39, 0.29) is 0 Å². The van der Waals surface area contributed by atoms with Gasteiger partial charge in [0.15, 0.2) is 0 Å². The van der Waals surface area contributed by atoms with Crippen molar-refractivity contribution in [1.82, 2.24) is 0 Å². The van der Waals surface area contributed by atoms with Crippen LogP contribution in [0.4, 0.5) is 5.69 Å². The summed E-state index contributed by atoms with van der Waals surface area (Å²) in [6.07, 6.45) is 0. The van der Waals surface area contributed by atoms with E-state index < -0.39 is 0 Å². The van der Waals surface area contributed by atoms with Crippen molar-refractivity contribution in [2.24, 2.45) is 5.90 Å². The van der Waals surface area contributed by atoms with Crippen LogP contribution in [0.1, 0.15) is 0 Å². The normalized spacial score (nSPS) is 15.3. The van der Waals surface area contributed by atoms with E-state index in [4.69, 9.17) is 20.1 Å². The number of rotatable bonds is 8. The zero-order valence-corrected chi connectivity index (χ0v) is 11.6. The van der Waals surface area contributed by atoms with Crippen molar-refractivity contribution in [3.05, 3.63) is 24.3 Å². The van der Waals surface area contributed by atoms with Gasteiger partial charge < -0.3 is 23.9 Å². The molecule has 0 unspecified atom stereocenters. The van der Waals surface area contributed by atoms with Gasteiger partial charge in [-0.2, -0.15) is 0 Å². The largest absolute Gasteiger partial charge is 0.491 e. The highest BCUT2D eigenvalue weighted by atomic mass is 16.6. The summed E-state index contributed by atoms with van der Waals surface area (Å²) in [5.74, 6) is 5.75. The molecule has 2 N–H and O–H groups in total. The number of ether oxygens (including phenoxy) is 3. The van der Waals surface area contributed by atoms with E-state index in [2.05, 4.69) is 15.8 Å². The van der Waals surface area contributed by atoms with Gasteiger partial charge in [0, 0.05) is 24.8 Å². The van der Waals surface area contributed by atoms with E-state index in [1.807, 2.05) is 18.2 Å². The van der Waals surface area contributed by atoms with Crippen molar-refractivity contribution in [2.75, 3.05) is 57.6 Å². The third-order valence-electron chi connectivity index (χ3n) is 3.04. The molecule has 0 atom stereocenters. The topological polar surface area (TPSA) is 66.2 Å². The van der Waals surface area contributed by atoms with Crippen LogP contribution < -0.4 is 15.5 Å². The van der Waals surface area contributed by atoms with Crippen LogP contribution in [0.25, 0.3) is 0 Å². The minimum absolute atomic E-state index is 0.395. The second-order valence-corrected chi connectivity index (χ2v) is 4.43. The van der Waals surface area contributed by atoms with Crippen LogP contribution in [0, 0.1) is 0 Å². The fourth-order valence-electron chi connectivity index (χ4n) is 2.02. The molecule has 112 valence electrons. The van der Waals surface area contributed by atoms with Crippen LogP contribution in [0.3, 0.4) is 0 Å². The Kier molecular flexibility index (Phi) is 6.59. The molecule has 1 heterocycles. The average Bonchev–Trinajstić information content (AvgIpc) is 2.52. The molecule has 0 bridgehead atoms. The Balaban J connectivity index is 1.74. The van der Waals surface area contributed by atoms with Gasteiger partial charge in [0.2, 0.25) is 0 Å². The Morgan fingerprint density at radius 1 is 1.10 bits per heavy atom. The van der Waals surface area contributed by atoms with Gasteiger partial charge in [-0.25, -0.2) is 5.90 Å². The molecule has 0 saturated carbocycles. The van der Waals surface area contributed by atoms with Crippen LogP contribution in [0.5, 0.6) is 5.75 Å². The molecule has 0 amide bonds. The monoisotopic (exact) mass is 282 g/mol. The lowest BCUT2D eigenvalue weighted by Gasteiger charge is -2.29. The van der Waals surface area contributed by atoms with Gasteiger partial charge in [-0.15, -0.1) is 0 Å². The zero-order valence-electron chi connectivity index (χ0n) is 11.6. The fraction of sp³-hybridized carbons (Fsp3) is 0.571. The molecule has 1 aliphatic heterocycles. The highest BCUT2D eigenvalue weighted by Crippen LogP contribution is 2.21. The quantitative estimate of drug-likeness (QED) is 0.562. The summed E-state index contributed by atoms with van der Waals surface area (Å²) in [5, 5.41) is 0. The molecule has 6 nitrogen and oxygen atoms in total. The smallest absolute Gasteiger partial charge is 0.121 e. The Morgan fingerprint density at radius 2 is 1.90 bits per heavy atom. The van der Waals surface area contributed by atoms with Gasteiger partial charge in [-0.05, 0) is 12.1 Å².